The van der Waals surface area contributed by atoms with Crippen molar-refractivity contribution in [3.8, 4) is 0 Å². The SMILES string of the molecule is CCOC(=O)c1ccc2nc(CC)cc(C)c2c1. The van der Waals surface area contributed by atoms with E-state index in [1.807, 2.05) is 19.1 Å². The minimum Gasteiger partial charge on any atom is -0.462 e. The summed E-state index contributed by atoms with van der Waals surface area (Å²) in [5.41, 5.74) is 3.73. The van der Waals surface area contributed by atoms with Crippen LogP contribution in [0.25, 0.3) is 10.9 Å². The number of hydrogen-bond acceptors (Lipinski definition) is 3. The van der Waals surface area contributed by atoms with E-state index in [0.29, 0.717) is 12.2 Å². The number of hydrogen-bond donors (Lipinski definition) is 0. The van der Waals surface area contributed by atoms with Crippen LogP contribution in [0.15, 0.2) is 24.3 Å². The van der Waals surface area contributed by atoms with E-state index in [9.17, 15) is 4.79 Å². The van der Waals surface area contributed by atoms with Crippen LogP contribution in [0.2, 0.25) is 0 Å². The number of esters is 1. The summed E-state index contributed by atoms with van der Waals surface area (Å²) in [5, 5.41) is 1.01. The van der Waals surface area contributed by atoms with Gasteiger partial charge in [-0.3, -0.25) is 4.98 Å². The number of nitrogens with zero attached hydrogens (tertiary/aromatic N) is 1. The highest BCUT2D eigenvalue weighted by atomic mass is 16.5. The molecule has 0 aliphatic rings. The fourth-order valence-corrected chi connectivity index (χ4v) is 1.99. The molecule has 2 rings (SSSR count). The van der Waals surface area contributed by atoms with Crippen LogP contribution in [0, 0.1) is 6.92 Å². The second kappa shape index (κ2) is 5.17. The lowest BCUT2D eigenvalue weighted by Crippen LogP contribution is -2.04. The molecule has 1 aromatic carbocycles. The van der Waals surface area contributed by atoms with Crippen LogP contribution < -0.4 is 0 Å². The molecule has 0 unspecified atom stereocenters. The zero-order valence-electron chi connectivity index (χ0n) is 11.0. The summed E-state index contributed by atoms with van der Waals surface area (Å²) < 4.78 is 5.00. The normalized spacial score (nSPS) is 10.6. The third-order valence-electron chi connectivity index (χ3n) is 2.94. The fourth-order valence-electron chi connectivity index (χ4n) is 1.99. The predicted molar refractivity (Wildman–Crippen MR) is 71.8 cm³/mol. The fraction of sp³-hybridized carbons (Fsp3) is 0.333. The highest BCUT2D eigenvalue weighted by Gasteiger charge is 2.09. The van der Waals surface area contributed by atoms with Crippen LogP contribution in [-0.4, -0.2) is 17.6 Å². The molecule has 0 saturated carbocycles. The van der Waals surface area contributed by atoms with Crippen molar-refractivity contribution in [2.45, 2.75) is 27.2 Å². The van der Waals surface area contributed by atoms with Crippen molar-refractivity contribution in [1.82, 2.24) is 4.98 Å². The zero-order chi connectivity index (χ0) is 13.1. The maximum absolute atomic E-state index is 11.7. The number of ether oxygens (including phenoxy) is 1. The van der Waals surface area contributed by atoms with Crippen molar-refractivity contribution in [3.05, 3.63) is 41.1 Å². The van der Waals surface area contributed by atoms with Gasteiger partial charge in [0, 0.05) is 11.1 Å². The summed E-state index contributed by atoms with van der Waals surface area (Å²) in [4.78, 5) is 16.2. The number of carbonyl (C=O) groups excluding carboxylic acids is 1. The minimum atomic E-state index is -0.279. The first-order valence-electron chi connectivity index (χ1n) is 6.23. The Morgan fingerprint density at radius 3 is 2.72 bits per heavy atom. The third-order valence-corrected chi connectivity index (χ3v) is 2.94. The van der Waals surface area contributed by atoms with Gasteiger partial charge in [-0.15, -0.1) is 0 Å². The van der Waals surface area contributed by atoms with Crippen LogP contribution in [-0.2, 0) is 11.2 Å². The Bertz CT molecular complexity index is 590. The Hall–Kier alpha value is -1.90. The first kappa shape index (κ1) is 12.6. The van der Waals surface area contributed by atoms with E-state index in [-0.39, 0.29) is 5.97 Å². The van der Waals surface area contributed by atoms with Crippen molar-refractivity contribution >= 4 is 16.9 Å². The van der Waals surface area contributed by atoms with Crippen LogP contribution in [0.1, 0.15) is 35.5 Å². The maximum Gasteiger partial charge on any atom is 0.338 e. The Balaban J connectivity index is 2.52. The number of aromatic nitrogens is 1. The van der Waals surface area contributed by atoms with Gasteiger partial charge in [-0.25, -0.2) is 4.79 Å². The molecule has 0 amide bonds. The van der Waals surface area contributed by atoms with Crippen LogP contribution in [0.4, 0.5) is 0 Å². The van der Waals surface area contributed by atoms with Gasteiger partial charge >= 0.3 is 5.97 Å². The lowest BCUT2D eigenvalue weighted by Gasteiger charge is -2.07. The minimum absolute atomic E-state index is 0.279. The second-order valence-corrected chi connectivity index (χ2v) is 4.24. The third kappa shape index (κ3) is 2.35. The van der Waals surface area contributed by atoms with Gasteiger partial charge in [-0.2, -0.15) is 0 Å². The van der Waals surface area contributed by atoms with Crippen molar-refractivity contribution in [2.24, 2.45) is 0 Å². The number of carbonyl (C=O) groups is 1. The molecule has 3 heteroatoms. The molecule has 0 fully saturated rings. The van der Waals surface area contributed by atoms with Gasteiger partial charge in [-0.05, 0) is 50.1 Å². The largest absolute Gasteiger partial charge is 0.462 e. The van der Waals surface area contributed by atoms with E-state index in [2.05, 4.69) is 18.0 Å². The van der Waals surface area contributed by atoms with E-state index >= 15 is 0 Å². The van der Waals surface area contributed by atoms with Gasteiger partial charge in [0.2, 0.25) is 0 Å². The number of benzene rings is 1. The highest BCUT2D eigenvalue weighted by molar-refractivity contribution is 5.95. The van der Waals surface area contributed by atoms with Crippen molar-refractivity contribution < 1.29 is 9.53 Å². The Morgan fingerprint density at radius 2 is 2.06 bits per heavy atom. The molecular weight excluding hydrogens is 226 g/mol. The summed E-state index contributed by atoms with van der Waals surface area (Å²) in [6, 6.07) is 7.58. The summed E-state index contributed by atoms with van der Waals surface area (Å²) in [6.07, 6.45) is 0.913. The summed E-state index contributed by atoms with van der Waals surface area (Å²) in [5.74, 6) is -0.279. The predicted octanol–water partition coefficient (Wildman–Crippen LogP) is 3.28. The molecular formula is C15H17NO2. The average Bonchev–Trinajstić information content (AvgIpc) is 2.38. The van der Waals surface area contributed by atoms with Crippen LogP contribution in [0.3, 0.4) is 0 Å². The Kier molecular flexibility index (Phi) is 3.60. The summed E-state index contributed by atoms with van der Waals surface area (Å²) in [6.45, 7) is 6.32. The second-order valence-electron chi connectivity index (χ2n) is 4.24. The van der Waals surface area contributed by atoms with E-state index in [1.165, 1.54) is 0 Å². The molecule has 1 aromatic heterocycles. The van der Waals surface area contributed by atoms with Crippen LogP contribution >= 0.6 is 0 Å². The number of fused-ring (bicyclic) bond motifs is 1. The molecule has 2 aromatic rings. The molecule has 0 aliphatic heterocycles. The van der Waals surface area contributed by atoms with E-state index in [0.717, 1.165) is 28.6 Å². The quantitative estimate of drug-likeness (QED) is 0.776. The molecule has 0 bridgehead atoms. The molecule has 0 saturated heterocycles. The monoisotopic (exact) mass is 243 g/mol. The lowest BCUT2D eigenvalue weighted by molar-refractivity contribution is 0.0526. The van der Waals surface area contributed by atoms with Crippen molar-refractivity contribution in [1.29, 1.82) is 0 Å². The summed E-state index contributed by atoms with van der Waals surface area (Å²) in [7, 11) is 0. The van der Waals surface area contributed by atoms with Gasteiger partial charge < -0.3 is 4.74 Å². The number of rotatable bonds is 3. The maximum atomic E-state index is 11.7. The molecule has 18 heavy (non-hydrogen) atoms. The molecule has 0 aliphatic carbocycles. The van der Waals surface area contributed by atoms with Gasteiger partial charge in [0.05, 0.1) is 17.7 Å². The van der Waals surface area contributed by atoms with E-state index < -0.39 is 0 Å². The molecule has 3 nitrogen and oxygen atoms in total. The molecule has 0 atom stereocenters. The van der Waals surface area contributed by atoms with Gasteiger partial charge in [0.25, 0.3) is 0 Å². The van der Waals surface area contributed by atoms with Crippen LogP contribution in [0.5, 0.6) is 0 Å². The average molecular weight is 243 g/mol. The molecule has 0 spiro atoms. The molecule has 0 N–H and O–H groups in total. The number of pyridine rings is 1. The Morgan fingerprint density at radius 1 is 1.28 bits per heavy atom. The van der Waals surface area contributed by atoms with E-state index in [4.69, 9.17) is 4.74 Å². The number of aryl methyl sites for hydroxylation is 2. The topological polar surface area (TPSA) is 39.2 Å². The first-order valence-corrected chi connectivity index (χ1v) is 6.23. The van der Waals surface area contributed by atoms with Crippen molar-refractivity contribution in [2.75, 3.05) is 6.61 Å². The zero-order valence-corrected chi connectivity index (χ0v) is 11.0. The highest BCUT2D eigenvalue weighted by Crippen LogP contribution is 2.20. The smallest absolute Gasteiger partial charge is 0.338 e. The standard InChI is InChI=1S/C15H17NO2/c1-4-12-8-10(3)13-9-11(15(17)18-5-2)6-7-14(13)16-12/h6-9H,4-5H2,1-3H3. The first-order chi connectivity index (χ1) is 8.65. The summed E-state index contributed by atoms with van der Waals surface area (Å²) >= 11 is 0. The van der Waals surface area contributed by atoms with E-state index in [1.54, 1.807) is 13.0 Å². The van der Waals surface area contributed by atoms with Gasteiger partial charge in [0.1, 0.15) is 0 Å². The molecule has 94 valence electrons. The lowest BCUT2D eigenvalue weighted by atomic mass is 10.1. The molecule has 0 radical (unpaired) electrons. The van der Waals surface area contributed by atoms with Gasteiger partial charge in [-0.1, -0.05) is 6.92 Å². The molecule has 1 heterocycles. The van der Waals surface area contributed by atoms with Crippen molar-refractivity contribution in [3.63, 3.8) is 0 Å². The Labute approximate surface area is 107 Å². The van der Waals surface area contributed by atoms with Gasteiger partial charge in [0.15, 0.2) is 0 Å².